The highest BCUT2D eigenvalue weighted by Crippen LogP contribution is 2.21. The van der Waals surface area contributed by atoms with Crippen LogP contribution in [0.25, 0.3) is 0 Å². The van der Waals surface area contributed by atoms with Gasteiger partial charge in [0.2, 0.25) is 5.91 Å². The molecular weight excluding hydrogens is 355 g/mol. The molecule has 9 heteroatoms. The zero-order valence-corrected chi connectivity index (χ0v) is 14.2. The molecule has 0 bridgehead atoms. The second-order valence-electron chi connectivity index (χ2n) is 4.94. The van der Waals surface area contributed by atoms with Crippen molar-refractivity contribution in [1.29, 1.82) is 0 Å². The fourth-order valence-corrected chi connectivity index (χ4v) is 2.52. The fourth-order valence-electron chi connectivity index (χ4n) is 2.02. The van der Waals surface area contributed by atoms with E-state index in [1.165, 1.54) is 6.21 Å². The number of amides is 1. The van der Waals surface area contributed by atoms with Gasteiger partial charge in [0.05, 0.1) is 16.3 Å². The van der Waals surface area contributed by atoms with E-state index in [2.05, 4.69) is 20.5 Å². The van der Waals surface area contributed by atoms with Crippen molar-refractivity contribution in [1.82, 2.24) is 15.4 Å². The SMILES string of the molecule is Cc1[nH]c(=O)[nH]c(=O)c1CCC(=O)N/N=C/c1c(Cl)cccc1Cl. The van der Waals surface area contributed by atoms with Crippen LogP contribution < -0.4 is 16.7 Å². The molecule has 0 aliphatic heterocycles. The van der Waals surface area contributed by atoms with Crippen molar-refractivity contribution in [2.24, 2.45) is 5.10 Å². The molecule has 0 radical (unpaired) electrons. The summed E-state index contributed by atoms with van der Waals surface area (Å²) in [7, 11) is 0. The zero-order chi connectivity index (χ0) is 17.7. The molecule has 1 aromatic heterocycles. The molecule has 1 amide bonds. The first kappa shape index (κ1) is 18.0. The van der Waals surface area contributed by atoms with Crippen molar-refractivity contribution < 1.29 is 4.79 Å². The van der Waals surface area contributed by atoms with E-state index in [1.807, 2.05) is 0 Å². The van der Waals surface area contributed by atoms with Gasteiger partial charge in [-0.1, -0.05) is 29.3 Å². The number of hydrazone groups is 1. The second-order valence-corrected chi connectivity index (χ2v) is 5.75. The Morgan fingerprint density at radius 2 is 1.92 bits per heavy atom. The number of hydrogen-bond acceptors (Lipinski definition) is 4. The second kappa shape index (κ2) is 7.94. The summed E-state index contributed by atoms with van der Waals surface area (Å²) in [5.74, 6) is -0.389. The van der Waals surface area contributed by atoms with Gasteiger partial charge in [-0.2, -0.15) is 5.10 Å². The molecule has 0 fully saturated rings. The first-order valence-corrected chi connectivity index (χ1v) is 7.72. The van der Waals surface area contributed by atoms with Crippen LogP contribution in [-0.4, -0.2) is 22.1 Å². The third-order valence-electron chi connectivity index (χ3n) is 3.24. The lowest BCUT2D eigenvalue weighted by molar-refractivity contribution is -0.121. The molecule has 0 aliphatic rings. The molecular formula is C15H14Cl2N4O3. The van der Waals surface area contributed by atoms with E-state index in [9.17, 15) is 14.4 Å². The van der Waals surface area contributed by atoms with Gasteiger partial charge in [-0.15, -0.1) is 0 Å². The fraction of sp³-hybridized carbons (Fsp3) is 0.200. The van der Waals surface area contributed by atoms with Crippen molar-refractivity contribution >= 4 is 35.3 Å². The van der Waals surface area contributed by atoms with Crippen LogP contribution in [0.1, 0.15) is 23.2 Å². The maximum Gasteiger partial charge on any atom is 0.325 e. The Balaban J connectivity index is 1.96. The van der Waals surface area contributed by atoms with Crippen LogP contribution in [0, 0.1) is 6.92 Å². The first-order valence-electron chi connectivity index (χ1n) is 6.96. The number of hydrogen-bond donors (Lipinski definition) is 3. The molecule has 1 heterocycles. The topological polar surface area (TPSA) is 107 Å². The number of benzene rings is 1. The number of rotatable bonds is 5. The summed E-state index contributed by atoms with van der Waals surface area (Å²) in [4.78, 5) is 39.2. The van der Waals surface area contributed by atoms with Gasteiger partial charge in [0.15, 0.2) is 0 Å². The van der Waals surface area contributed by atoms with Crippen LogP contribution in [-0.2, 0) is 11.2 Å². The minimum Gasteiger partial charge on any atom is -0.311 e. The van der Waals surface area contributed by atoms with Crippen molar-refractivity contribution in [3.05, 3.63) is 65.9 Å². The third-order valence-corrected chi connectivity index (χ3v) is 3.90. The predicted molar refractivity (Wildman–Crippen MR) is 92.9 cm³/mol. The van der Waals surface area contributed by atoms with Crippen LogP contribution in [0.3, 0.4) is 0 Å². The summed E-state index contributed by atoms with van der Waals surface area (Å²) < 4.78 is 0. The molecule has 7 nitrogen and oxygen atoms in total. The molecule has 0 saturated heterocycles. The Bertz CT molecular complexity index is 882. The van der Waals surface area contributed by atoms with Crippen LogP contribution >= 0.6 is 23.2 Å². The quantitative estimate of drug-likeness (QED) is 0.552. The van der Waals surface area contributed by atoms with Crippen LogP contribution in [0.4, 0.5) is 0 Å². The summed E-state index contributed by atoms with van der Waals surface area (Å²) >= 11 is 12.0. The van der Waals surface area contributed by atoms with E-state index in [4.69, 9.17) is 23.2 Å². The van der Waals surface area contributed by atoms with E-state index >= 15 is 0 Å². The molecule has 0 aliphatic carbocycles. The van der Waals surface area contributed by atoms with E-state index in [0.29, 0.717) is 26.9 Å². The standard InChI is InChI=1S/C15H14Cl2N4O3/c1-8-9(14(23)20-15(24)19-8)5-6-13(22)21-18-7-10-11(16)3-2-4-12(10)17/h2-4,7H,5-6H2,1H3,(H,21,22)(H2,19,20,23,24)/b18-7+. The molecule has 0 atom stereocenters. The minimum absolute atomic E-state index is 0.0313. The number of aromatic nitrogens is 2. The van der Waals surface area contributed by atoms with E-state index in [-0.39, 0.29) is 18.7 Å². The maximum atomic E-state index is 11.8. The molecule has 0 unspecified atom stereocenters. The number of halogens is 2. The minimum atomic E-state index is -0.577. The summed E-state index contributed by atoms with van der Waals surface area (Å²) in [5.41, 5.74) is 2.53. The lowest BCUT2D eigenvalue weighted by Gasteiger charge is -2.04. The highest BCUT2D eigenvalue weighted by atomic mass is 35.5. The van der Waals surface area contributed by atoms with E-state index in [1.54, 1.807) is 25.1 Å². The summed E-state index contributed by atoms with van der Waals surface area (Å²) in [6.07, 6.45) is 1.55. The van der Waals surface area contributed by atoms with Crippen LogP contribution in [0.15, 0.2) is 32.9 Å². The summed E-state index contributed by atoms with van der Waals surface area (Å²) in [6, 6.07) is 5.01. The number of aryl methyl sites for hydroxylation is 1. The molecule has 2 aromatic rings. The Hall–Kier alpha value is -2.38. The molecule has 126 valence electrons. The molecule has 3 N–H and O–H groups in total. The van der Waals surface area contributed by atoms with Crippen molar-refractivity contribution in [3.63, 3.8) is 0 Å². The van der Waals surface area contributed by atoms with Crippen LogP contribution in [0.5, 0.6) is 0 Å². The highest BCUT2D eigenvalue weighted by molar-refractivity contribution is 6.38. The lowest BCUT2D eigenvalue weighted by Crippen LogP contribution is -2.28. The van der Waals surface area contributed by atoms with Gasteiger partial charge in [-0.05, 0) is 25.5 Å². The zero-order valence-electron chi connectivity index (χ0n) is 12.7. The number of H-pyrrole nitrogens is 2. The van der Waals surface area contributed by atoms with Gasteiger partial charge in [-0.3, -0.25) is 14.6 Å². The number of carbonyl (C=O) groups excluding carboxylic acids is 1. The van der Waals surface area contributed by atoms with E-state index < -0.39 is 11.2 Å². The summed E-state index contributed by atoms with van der Waals surface area (Å²) in [6.45, 7) is 1.60. The van der Waals surface area contributed by atoms with Gasteiger partial charge in [-0.25, -0.2) is 10.2 Å². The number of nitrogens with one attached hydrogen (secondary N) is 3. The number of aromatic amines is 2. The Morgan fingerprint density at radius 1 is 1.25 bits per heavy atom. The predicted octanol–water partition coefficient (Wildman–Crippen LogP) is 1.76. The molecule has 0 saturated carbocycles. The molecule has 1 aromatic carbocycles. The van der Waals surface area contributed by atoms with Gasteiger partial charge in [0, 0.05) is 23.2 Å². The number of nitrogens with zero attached hydrogens (tertiary/aromatic N) is 1. The average Bonchev–Trinajstić information content (AvgIpc) is 2.49. The number of carbonyl (C=O) groups is 1. The Morgan fingerprint density at radius 3 is 2.54 bits per heavy atom. The van der Waals surface area contributed by atoms with Crippen molar-refractivity contribution in [3.8, 4) is 0 Å². The average molecular weight is 369 g/mol. The third kappa shape index (κ3) is 4.56. The molecule has 0 spiro atoms. The monoisotopic (exact) mass is 368 g/mol. The Labute approximate surface area is 146 Å². The van der Waals surface area contributed by atoms with Gasteiger partial charge < -0.3 is 4.98 Å². The smallest absolute Gasteiger partial charge is 0.311 e. The van der Waals surface area contributed by atoms with Crippen molar-refractivity contribution in [2.45, 2.75) is 19.8 Å². The largest absolute Gasteiger partial charge is 0.325 e. The van der Waals surface area contributed by atoms with Crippen molar-refractivity contribution in [2.75, 3.05) is 0 Å². The van der Waals surface area contributed by atoms with Crippen LogP contribution in [0.2, 0.25) is 10.0 Å². The molecule has 24 heavy (non-hydrogen) atoms. The lowest BCUT2D eigenvalue weighted by atomic mass is 10.1. The van der Waals surface area contributed by atoms with Gasteiger partial charge in [0.25, 0.3) is 5.56 Å². The van der Waals surface area contributed by atoms with Gasteiger partial charge >= 0.3 is 5.69 Å². The highest BCUT2D eigenvalue weighted by Gasteiger charge is 2.09. The first-order chi connectivity index (χ1) is 11.4. The Kier molecular flexibility index (Phi) is 5.94. The normalized spacial score (nSPS) is 11.0. The molecule has 2 rings (SSSR count). The summed E-state index contributed by atoms with van der Waals surface area (Å²) in [5, 5.41) is 4.62. The van der Waals surface area contributed by atoms with Gasteiger partial charge in [0.1, 0.15) is 0 Å². The van der Waals surface area contributed by atoms with E-state index in [0.717, 1.165) is 0 Å². The maximum absolute atomic E-state index is 11.8.